The lowest BCUT2D eigenvalue weighted by Crippen LogP contribution is -2.53. The molecule has 9 nitrogen and oxygen atoms in total. The van der Waals surface area contributed by atoms with Gasteiger partial charge in [-0.25, -0.2) is 8.42 Å². The van der Waals surface area contributed by atoms with Gasteiger partial charge in [-0.3, -0.25) is 13.9 Å². The van der Waals surface area contributed by atoms with Crippen LogP contribution in [-0.2, 0) is 26.2 Å². The number of sulfonamides is 1. The van der Waals surface area contributed by atoms with Crippen molar-refractivity contribution < 1.29 is 27.5 Å². The van der Waals surface area contributed by atoms with Crippen LogP contribution in [0.25, 0.3) is 0 Å². The Labute approximate surface area is 233 Å². The molecule has 38 heavy (non-hydrogen) atoms. The number of carbonyl (C=O) groups is 2. The monoisotopic (exact) mass is 583 g/mol. The van der Waals surface area contributed by atoms with Gasteiger partial charge in [-0.2, -0.15) is 0 Å². The molecule has 1 fully saturated rings. The van der Waals surface area contributed by atoms with Gasteiger partial charge < -0.3 is 19.7 Å². The summed E-state index contributed by atoms with van der Waals surface area (Å²) in [5.41, 5.74) is 0.837. The van der Waals surface area contributed by atoms with Crippen LogP contribution in [0.2, 0.25) is 10.0 Å². The molecule has 2 aromatic rings. The third-order valence-electron chi connectivity index (χ3n) is 6.77. The maximum absolute atomic E-state index is 13.8. The first-order valence-electron chi connectivity index (χ1n) is 12.5. The summed E-state index contributed by atoms with van der Waals surface area (Å²) in [6.45, 7) is 1.33. The molecule has 0 saturated heterocycles. The summed E-state index contributed by atoms with van der Waals surface area (Å²) in [6.07, 6.45) is 5.23. The van der Waals surface area contributed by atoms with Crippen LogP contribution in [0, 0.1) is 0 Å². The molecule has 1 N–H and O–H groups in total. The lowest BCUT2D eigenvalue weighted by molar-refractivity contribution is -0.140. The number of anilines is 1. The molecule has 1 aliphatic heterocycles. The summed E-state index contributed by atoms with van der Waals surface area (Å²) in [5, 5.41) is 3.85. The number of rotatable bonds is 10. The van der Waals surface area contributed by atoms with E-state index in [0.29, 0.717) is 33.5 Å². The molecule has 1 atom stereocenters. The normalized spacial score (nSPS) is 15.8. The molecule has 2 aromatic carbocycles. The van der Waals surface area contributed by atoms with Crippen LogP contribution < -0.4 is 19.1 Å². The molecule has 2 aliphatic rings. The fourth-order valence-corrected chi connectivity index (χ4v) is 6.08. The molecule has 1 saturated carbocycles. The lowest BCUT2D eigenvalue weighted by Gasteiger charge is -2.33. The zero-order chi connectivity index (χ0) is 27.4. The second-order valence-corrected chi connectivity index (χ2v) is 12.2. The van der Waals surface area contributed by atoms with E-state index in [2.05, 4.69) is 5.32 Å². The Balaban J connectivity index is 1.65. The molecule has 0 bridgehead atoms. The van der Waals surface area contributed by atoms with Gasteiger partial charge in [0.25, 0.3) is 0 Å². The van der Waals surface area contributed by atoms with E-state index in [4.69, 9.17) is 32.7 Å². The fraction of sp³-hybridized carbons (Fsp3) is 0.462. The van der Waals surface area contributed by atoms with E-state index in [0.717, 1.165) is 36.2 Å². The lowest BCUT2D eigenvalue weighted by atomic mass is 10.1. The fourth-order valence-electron chi connectivity index (χ4n) is 4.77. The third kappa shape index (κ3) is 6.65. The molecule has 206 valence electrons. The zero-order valence-electron chi connectivity index (χ0n) is 21.3. The van der Waals surface area contributed by atoms with Crippen molar-refractivity contribution in [2.24, 2.45) is 0 Å². The van der Waals surface area contributed by atoms with E-state index >= 15 is 0 Å². The summed E-state index contributed by atoms with van der Waals surface area (Å²) in [7, 11) is -3.88. The molecule has 12 heteroatoms. The van der Waals surface area contributed by atoms with Crippen molar-refractivity contribution in [2.75, 3.05) is 23.9 Å². The van der Waals surface area contributed by atoms with Crippen LogP contribution in [0.1, 0.15) is 44.6 Å². The van der Waals surface area contributed by atoms with Crippen molar-refractivity contribution >= 4 is 50.7 Å². The number of nitrogens with one attached hydrogen (secondary N) is 1. The van der Waals surface area contributed by atoms with Crippen LogP contribution in [0.5, 0.6) is 11.5 Å². The number of hydrogen-bond donors (Lipinski definition) is 1. The minimum atomic E-state index is -3.88. The van der Waals surface area contributed by atoms with Crippen LogP contribution in [-0.4, -0.2) is 56.8 Å². The first-order chi connectivity index (χ1) is 18.1. The first kappa shape index (κ1) is 28.3. The Hall–Kier alpha value is -2.69. The summed E-state index contributed by atoms with van der Waals surface area (Å²) >= 11 is 12.5. The van der Waals surface area contributed by atoms with Gasteiger partial charge in [0.05, 0.1) is 11.9 Å². The highest BCUT2D eigenvalue weighted by atomic mass is 35.5. The predicted octanol–water partition coefficient (Wildman–Crippen LogP) is 4.35. The Morgan fingerprint density at radius 2 is 1.79 bits per heavy atom. The van der Waals surface area contributed by atoms with Crippen LogP contribution in [0.15, 0.2) is 36.4 Å². The quantitative estimate of drug-likeness (QED) is 0.445. The molecular formula is C26H31Cl2N3O6S. The summed E-state index contributed by atoms with van der Waals surface area (Å²) in [5.74, 6) is 0.0530. The zero-order valence-corrected chi connectivity index (χ0v) is 23.6. The van der Waals surface area contributed by atoms with Crippen molar-refractivity contribution in [1.29, 1.82) is 0 Å². The van der Waals surface area contributed by atoms with E-state index < -0.39 is 28.5 Å². The van der Waals surface area contributed by atoms with Crippen molar-refractivity contribution in [2.45, 2.75) is 57.7 Å². The van der Waals surface area contributed by atoms with Crippen molar-refractivity contribution in [1.82, 2.24) is 10.2 Å². The number of fused-ring (bicyclic) bond motifs is 1. The molecule has 0 radical (unpaired) electrons. The van der Waals surface area contributed by atoms with E-state index in [1.54, 1.807) is 30.3 Å². The van der Waals surface area contributed by atoms with Gasteiger partial charge in [0.1, 0.15) is 12.6 Å². The Morgan fingerprint density at radius 3 is 2.45 bits per heavy atom. The van der Waals surface area contributed by atoms with Gasteiger partial charge in [-0.15, -0.1) is 0 Å². The molecule has 4 rings (SSSR count). The molecular weight excluding hydrogens is 553 g/mol. The standard InChI is InChI=1S/C26H31Cl2N3O6S/c1-3-22(26(33)29-19-6-4-5-7-19)30(14-17-8-9-18(27)12-21(17)28)25(32)15-31(38(2,34)35)20-10-11-23-24(13-20)37-16-36-23/h8-13,19,22H,3-7,14-16H2,1-2H3,(H,29,33). The Bertz CT molecular complexity index is 1300. The van der Waals surface area contributed by atoms with Gasteiger partial charge in [-0.1, -0.05) is 49.0 Å². The van der Waals surface area contributed by atoms with E-state index in [1.165, 1.54) is 11.0 Å². The number of benzene rings is 2. The molecule has 0 aromatic heterocycles. The van der Waals surface area contributed by atoms with Crippen LogP contribution in [0.4, 0.5) is 5.69 Å². The van der Waals surface area contributed by atoms with E-state index in [9.17, 15) is 18.0 Å². The average Bonchev–Trinajstić information content (AvgIpc) is 3.54. The molecule has 0 spiro atoms. The molecule has 1 aliphatic carbocycles. The van der Waals surface area contributed by atoms with Crippen LogP contribution in [0.3, 0.4) is 0 Å². The second-order valence-electron chi connectivity index (χ2n) is 9.48. The largest absolute Gasteiger partial charge is 0.454 e. The topological polar surface area (TPSA) is 105 Å². The minimum Gasteiger partial charge on any atom is -0.454 e. The van der Waals surface area contributed by atoms with Gasteiger partial charge in [0, 0.05) is 28.7 Å². The van der Waals surface area contributed by atoms with Crippen LogP contribution >= 0.6 is 23.2 Å². The minimum absolute atomic E-state index is 0.00414. The number of nitrogens with zero attached hydrogens (tertiary/aromatic N) is 2. The third-order valence-corrected chi connectivity index (χ3v) is 8.49. The average molecular weight is 585 g/mol. The maximum atomic E-state index is 13.8. The van der Waals surface area contributed by atoms with Crippen molar-refractivity contribution in [3.63, 3.8) is 0 Å². The number of hydrogen-bond acceptors (Lipinski definition) is 6. The highest BCUT2D eigenvalue weighted by Gasteiger charge is 2.33. The van der Waals surface area contributed by atoms with Gasteiger partial charge in [0.15, 0.2) is 11.5 Å². The first-order valence-corrected chi connectivity index (χ1v) is 15.1. The second kappa shape index (κ2) is 12.0. The van der Waals surface area contributed by atoms with Crippen molar-refractivity contribution in [3.8, 4) is 11.5 Å². The number of ether oxygens (including phenoxy) is 2. The summed E-state index contributed by atoms with van der Waals surface area (Å²) in [4.78, 5) is 28.6. The van der Waals surface area contributed by atoms with Gasteiger partial charge in [-0.05, 0) is 49.1 Å². The highest BCUT2D eigenvalue weighted by Crippen LogP contribution is 2.36. The predicted molar refractivity (Wildman–Crippen MR) is 146 cm³/mol. The maximum Gasteiger partial charge on any atom is 0.244 e. The smallest absolute Gasteiger partial charge is 0.244 e. The molecule has 2 amide bonds. The molecule has 1 unspecified atom stereocenters. The highest BCUT2D eigenvalue weighted by molar-refractivity contribution is 7.92. The van der Waals surface area contributed by atoms with E-state index in [1.807, 2.05) is 6.92 Å². The Morgan fingerprint density at radius 1 is 1.08 bits per heavy atom. The van der Waals surface area contributed by atoms with Gasteiger partial charge >= 0.3 is 0 Å². The van der Waals surface area contributed by atoms with E-state index in [-0.39, 0.29) is 31.0 Å². The summed E-state index contributed by atoms with van der Waals surface area (Å²) in [6, 6.07) is 8.81. The van der Waals surface area contributed by atoms with Crippen molar-refractivity contribution in [3.05, 3.63) is 52.0 Å². The molecule has 1 heterocycles. The SMILES string of the molecule is CCC(C(=O)NC1CCCC1)N(Cc1ccc(Cl)cc1Cl)C(=O)CN(c1ccc2c(c1)OCO2)S(C)(=O)=O. The Kier molecular flexibility index (Phi) is 8.95. The number of amides is 2. The summed E-state index contributed by atoms with van der Waals surface area (Å²) < 4.78 is 37.3. The van der Waals surface area contributed by atoms with Gasteiger partial charge in [0.2, 0.25) is 28.6 Å². The number of carbonyl (C=O) groups excluding carboxylic acids is 2. The number of halogens is 2.